The minimum Gasteiger partial charge on any atom is -0.367 e. The van der Waals surface area contributed by atoms with Crippen LogP contribution in [0.4, 0.5) is 11.4 Å². The number of benzene rings is 2. The van der Waals surface area contributed by atoms with Gasteiger partial charge in [0.25, 0.3) is 0 Å². The summed E-state index contributed by atoms with van der Waals surface area (Å²) in [6.45, 7) is 5.11. The Bertz CT molecular complexity index is 996. The van der Waals surface area contributed by atoms with Crippen molar-refractivity contribution in [1.82, 2.24) is 10.3 Å². The molecule has 5 rings (SSSR count). The molecule has 0 radical (unpaired) electrons. The minimum atomic E-state index is 0.467. The van der Waals surface area contributed by atoms with Gasteiger partial charge in [0, 0.05) is 37.1 Å². The van der Waals surface area contributed by atoms with Gasteiger partial charge in [-0.05, 0) is 48.6 Å². The average molecular weight is 421 g/mol. The molecule has 1 aliphatic heterocycles. The van der Waals surface area contributed by atoms with Crippen LogP contribution >= 0.6 is 11.3 Å². The average Bonchev–Trinajstić information content (AvgIpc) is 3.46. The van der Waals surface area contributed by atoms with Gasteiger partial charge in [0.1, 0.15) is 11.7 Å². The number of piperazine rings is 1. The molecule has 0 bridgehead atoms. The van der Waals surface area contributed by atoms with Crippen LogP contribution in [0, 0.1) is 0 Å². The molecule has 1 saturated heterocycles. The first-order valence-corrected chi connectivity index (χ1v) is 11.7. The standard InChI is InChI=1S/C24H28N4OS/c1-2-7-23(28-12-10-25-11-13-28)22(6-1)26-17-29-15-21-16-30-24(27-21)20-9-8-18-4-3-5-19(18)14-20/h1-2,6-9,14,16,25-26H,3-5,10-13,15,17H2. The zero-order chi connectivity index (χ0) is 20.2. The Morgan fingerprint density at radius 1 is 1.07 bits per heavy atom. The highest BCUT2D eigenvalue weighted by molar-refractivity contribution is 7.13. The topological polar surface area (TPSA) is 49.4 Å². The Morgan fingerprint density at radius 3 is 2.87 bits per heavy atom. The zero-order valence-electron chi connectivity index (χ0n) is 17.2. The van der Waals surface area contributed by atoms with E-state index < -0.39 is 0 Å². The van der Waals surface area contributed by atoms with Crippen molar-refractivity contribution in [3.8, 4) is 10.6 Å². The molecule has 2 N–H and O–H groups in total. The second-order valence-corrected chi connectivity index (χ2v) is 8.76. The Labute approximate surface area is 182 Å². The maximum atomic E-state index is 5.89. The molecule has 0 atom stereocenters. The highest BCUT2D eigenvalue weighted by atomic mass is 32.1. The molecule has 1 fully saturated rings. The number of nitrogens with one attached hydrogen (secondary N) is 2. The third-order valence-corrected chi connectivity index (χ3v) is 6.81. The van der Waals surface area contributed by atoms with Crippen LogP contribution in [-0.2, 0) is 24.2 Å². The van der Waals surface area contributed by atoms with Gasteiger partial charge in [-0.15, -0.1) is 11.3 Å². The molecule has 0 amide bonds. The van der Waals surface area contributed by atoms with E-state index in [0.717, 1.165) is 42.6 Å². The zero-order valence-corrected chi connectivity index (χ0v) is 18.0. The number of nitrogens with zero attached hydrogens (tertiary/aromatic N) is 2. The van der Waals surface area contributed by atoms with E-state index in [1.54, 1.807) is 11.3 Å². The van der Waals surface area contributed by atoms with E-state index in [1.807, 2.05) is 0 Å². The van der Waals surface area contributed by atoms with Gasteiger partial charge in [-0.25, -0.2) is 4.98 Å². The number of aryl methyl sites for hydroxylation is 2. The first-order valence-electron chi connectivity index (χ1n) is 10.8. The highest BCUT2D eigenvalue weighted by Gasteiger charge is 2.14. The fraction of sp³-hybridized carbons (Fsp3) is 0.375. The molecule has 5 nitrogen and oxygen atoms in total. The van der Waals surface area contributed by atoms with Crippen LogP contribution in [0.25, 0.3) is 10.6 Å². The Balaban J connectivity index is 1.16. The van der Waals surface area contributed by atoms with Gasteiger partial charge >= 0.3 is 0 Å². The van der Waals surface area contributed by atoms with E-state index in [1.165, 1.54) is 41.6 Å². The van der Waals surface area contributed by atoms with Crippen LogP contribution in [-0.4, -0.2) is 37.9 Å². The van der Waals surface area contributed by atoms with Crippen LogP contribution in [0.1, 0.15) is 23.2 Å². The number of aromatic nitrogens is 1. The number of anilines is 2. The van der Waals surface area contributed by atoms with Crippen molar-refractivity contribution >= 4 is 22.7 Å². The van der Waals surface area contributed by atoms with Crippen LogP contribution in [0.3, 0.4) is 0 Å². The van der Waals surface area contributed by atoms with Gasteiger partial charge < -0.3 is 20.3 Å². The minimum absolute atomic E-state index is 0.467. The van der Waals surface area contributed by atoms with Gasteiger partial charge in [0.05, 0.1) is 23.7 Å². The summed E-state index contributed by atoms with van der Waals surface area (Å²) in [5, 5.41) is 10.0. The molecule has 156 valence electrons. The summed E-state index contributed by atoms with van der Waals surface area (Å²) in [6, 6.07) is 15.3. The lowest BCUT2D eigenvalue weighted by molar-refractivity contribution is 0.136. The highest BCUT2D eigenvalue weighted by Crippen LogP contribution is 2.30. The number of hydrogen-bond acceptors (Lipinski definition) is 6. The lowest BCUT2D eigenvalue weighted by atomic mass is 10.1. The summed E-state index contributed by atoms with van der Waals surface area (Å²) in [5.74, 6) is 0. The molecule has 1 aliphatic carbocycles. The molecular formula is C24H28N4OS. The van der Waals surface area contributed by atoms with E-state index in [-0.39, 0.29) is 0 Å². The Morgan fingerprint density at radius 2 is 1.93 bits per heavy atom. The number of thiazole rings is 1. The summed E-state index contributed by atoms with van der Waals surface area (Å²) in [6.07, 6.45) is 3.70. The number of fused-ring (bicyclic) bond motifs is 1. The maximum absolute atomic E-state index is 5.89. The molecule has 6 heteroatoms. The van der Waals surface area contributed by atoms with E-state index in [2.05, 4.69) is 63.4 Å². The predicted molar refractivity (Wildman–Crippen MR) is 124 cm³/mol. The Hall–Kier alpha value is -2.41. The molecule has 0 unspecified atom stereocenters. The van der Waals surface area contributed by atoms with Crippen LogP contribution in [0.5, 0.6) is 0 Å². The van der Waals surface area contributed by atoms with E-state index in [9.17, 15) is 0 Å². The fourth-order valence-corrected chi connectivity index (χ4v) is 5.10. The van der Waals surface area contributed by atoms with Crippen LogP contribution in [0.15, 0.2) is 47.8 Å². The quantitative estimate of drug-likeness (QED) is 0.441. The predicted octanol–water partition coefficient (Wildman–Crippen LogP) is 4.29. The van der Waals surface area contributed by atoms with Crippen molar-refractivity contribution < 1.29 is 4.74 Å². The molecule has 30 heavy (non-hydrogen) atoms. The maximum Gasteiger partial charge on any atom is 0.123 e. The molecule has 3 aromatic rings. The van der Waals surface area contributed by atoms with Crippen molar-refractivity contribution in [3.05, 3.63) is 64.7 Å². The molecule has 0 saturated carbocycles. The fourth-order valence-electron chi connectivity index (χ4n) is 4.30. The molecule has 1 aromatic heterocycles. The van der Waals surface area contributed by atoms with Gasteiger partial charge in [-0.1, -0.05) is 24.3 Å². The molecule has 2 heterocycles. The van der Waals surface area contributed by atoms with Gasteiger partial charge in [0.2, 0.25) is 0 Å². The normalized spacial score (nSPS) is 15.9. The number of hydrogen-bond donors (Lipinski definition) is 2. The second kappa shape index (κ2) is 9.16. The van der Waals surface area contributed by atoms with Crippen molar-refractivity contribution in [1.29, 1.82) is 0 Å². The monoisotopic (exact) mass is 420 g/mol. The summed E-state index contributed by atoms with van der Waals surface area (Å²) >= 11 is 1.70. The summed E-state index contributed by atoms with van der Waals surface area (Å²) in [5.41, 5.74) is 7.59. The van der Waals surface area contributed by atoms with Crippen molar-refractivity contribution in [2.75, 3.05) is 43.1 Å². The van der Waals surface area contributed by atoms with E-state index >= 15 is 0 Å². The van der Waals surface area contributed by atoms with Crippen molar-refractivity contribution in [2.24, 2.45) is 0 Å². The lowest BCUT2D eigenvalue weighted by Gasteiger charge is -2.31. The molecule has 0 spiro atoms. The summed E-state index contributed by atoms with van der Waals surface area (Å²) in [4.78, 5) is 7.21. The number of rotatable bonds is 7. The van der Waals surface area contributed by atoms with Crippen LogP contribution < -0.4 is 15.5 Å². The first kappa shape index (κ1) is 19.5. The third-order valence-electron chi connectivity index (χ3n) is 5.87. The van der Waals surface area contributed by atoms with E-state index in [0.29, 0.717) is 13.3 Å². The first-order chi connectivity index (χ1) is 14.9. The molecule has 2 aromatic carbocycles. The van der Waals surface area contributed by atoms with Gasteiger partial charge in [0.15, 0.2) is 0 Å². The van der Waals surface area contributed by atoms with Crippen molar-refractivity contribution in [3.63, 3.8) is 0 Å². The molecular weight excluding hydrogens is 392 g/mol. The van der Waals surface area contributed by atoms with Gasteiger partial charge in [-0.2, -0.15) is 0 Å². The molecule has 2 aliphatic rings. The SMILES string of the molecule is c1ccc(N2CCNCC2)c(NCOCc2csc(-c3ccc4c(c3)CCC4)n2)c1. The van der Waals surface area contributed by atoms with E-state index in [4.69, 9.17) is 9.72 Å². The summed E-state index contributed by atoms with van der Waals surface area (Å²) in [7, 11) is 0. The third kappa shape index (κ3) is 4.36. The van der Waals surface area contributed by atoms with Crippen molar-refractivity contribution in [2.45, 2.75) is 25.9 Å². The Kier molecular flexibility index (Phi) is 5.97. The lowest BCUT2D eigenvalue weighted by Crippen LogP contribution is -2.43. The number of para-hydroxylation sites is 2. The van der Waals surface area contributed by atoms with Gasteiger partial charge in [-0.3, -0.25) is 0 Å². The smallest absolute Gasteiger partial charge is 0.123 e. The largest absolute Gasteiger partial charge is 0.367 e. The second-order valence-electron chi connectivity index (χ2n) is 7.90. The van der Waals surface area contributed by atoms with Crippen LogP contribution in [0.2, 0.25) is 0 Å². The number of ether oxygens (including phenoxy) is 1. The summed E-state index contributed by atoms with van der Waals surface area (Å²) < 4.78 is 5.89.